The number of aliphatic hydroxyl groups excluding tert-OH is 1. The standard InChI is InChI=1S/C59H114O17P2/c1-6-10-13-16-17-18-19-20-21-22-23-24-25-30-35-40-45-59(64)76-55(49-70-57(62)43-38-34-29-27-26-28-33-36-41-52(5)9-4)51-74-78(67,68)72-47-53(60)46-71-77(65,66)73-50-54(75-58(63)44-39-32-15-12-8-3)48-69-56(61)42-37-31-14-11-7-2/h52-55,60H,6-51H2,1-5H3,(H,65,66)(H,67,68)/t52?,53-,54+,55+/m0/s1. The minimum absolute atomic E-state index is 0.0987. The van der Waals surface area contributed by atoms with Crippen LogP contribution in [-0.4, -0.2) is 96.7 Å². The van der Waals surface area contributed by atoms with E-state index in [1.54, 1.807) is 0 Å². The number of carbonyl (C=O) groups excluding carboxylic acids is 4. The summed E-state index contributed by atoms with van der Waals surface area (Å²) in [6.07, 6.45) is 35.6. The lowest BCUT2D eigenvalue weighted by Gasteiger charge is -2.21. The average molecular weight is 1160 g/mol. The Morgan fingerprint density at radius 2 is 0.615 bits per heavy atom. The molecule has 6 atom stereocenters. The normalized spacial score (nSPS) is 14.7. The van der Waals surface area contributed by atoms with Gasteiger partial charge in [0.25, 0.3) is 0 Å². The molecule has 0 aromatic rings. The van der Waals surface area contributed by atoms with Crippen molar-refractivity contribution in [3.63, 3.8) is 0 Å². The molecule has 462 valence electrons. The number of hydrogen-bond acceptors (Lipinski definition) is 15. The fourth-order valence-corrected chi connectivity index (χ4v) is 10.2. The molecule has 0 aromatic heterocycles. The van der Waals surface area contributed by atoms with Gasteiger partial charge in [-0.1, -0.05) is 240 Å². The summed E-state index contributed by atoms with van der Waals surface area (Å²) in [5, 5.41) is 10.5. The first kappa shape index (κ1) is 76.1. The molecule has 0 rings (SSSR count). The van der Waals surface area contributed by atoms with Crippen LogP contribution in [0.5, 0.6) is 0 Å². The molecule has 0 heterocycles. The maximum absolute atomic E-state index is 12.9. The number of unbranched alkanes of at least 4 members (excludes halogenated alkanes) is 30. The first-order valence-corrected chi connectivity index (χ1v) is 34.2. The lowest BCUT2D eigenvalue weighted by atomic mass is 9.99. The highest BCUT2D eigenvalue weighted by molar-refractivity contribution is 7.47. The van der Waals surface area contributed by atoms with Gasteiger partial charge in [0.1, 0.15) is 19.3 Å². The molecular formula is C59H114O17P2. The molecule has 0 amide bonds. The highest BCUT2D eigenvalue weighted by Gasteiger charge is 2.30. The van der Waals surface area contributed by atoms with Crippen LogP contribution in [-0.2, 0) is 65.4 Å². The van der Waals surface area contributed by atoms with Gasteiger partial charge in [0.2, 0.25) is 0 Å². The van der Waals surface area contributed by atoms with Crippen molar-refractivity contribution in [3.05, 3.63) is 0 Å². The van der Waals surface area contributed by atoms with Gasteiger partial charge in [-0.25, -0.2) is 9.13 Å². The van der Waals surface area contributed by atoms with E-state index in [9.17, 15) is 43.2 Å². The maximum Gasteiger partial charge on any atom is 0.472 e. The number of phosphoric acid groups is 2. The summed E-state index contributed by atoms with van der Waals surface area (Å²) in [5.74, 6) is -1.38. The fourth-order valence-electron chi connectivity index (χ4n) is 8.67. The molecule has 3 unspecified atom stereocenters. The van der Waals surface area contributed by atoms with Gasteiger partial charge < -0.3 is 33.8 Å². The van der Waals surface area contributed by atoms with Gasteiger partial charge in [-0.05, 0) is 31.6 Å². The molecule has 0 aromatic carbocycles. The Morgan fingerprint density at radius 1 is 0.359 bits per heavy atom. The van der Waals surface area contributed by atoms with Crippen molar-refractivity contribution in [1.82, 2.24) is 0 Å². The third-order valence-electron chi connectivity index (χ3n) is 13.9. The monoisotopic (exact) mass is 1160 g/mol. The van der Waals surface area contributed by atoms with Crippen LogP contribution in [0.25, 0.3) is 0 Å². The molecule has 3 N–H and O–H groups in total. The highest BCUT2D eigenvalue weighted by atomic mass is 31.2. The number of ether oxygens (including phenoxy) is 4. The zero-order valence-corrected chi connectivity index (χ0v) is 51.6. The summed E-state index contributed by atoms with van der Waals surface area (Å²) in [4.78, 5) is 71.5. The van der Waals surface area contributed by atoms with Crippen LogP contribution >= 0.6 is 15.6 Å². The Balaban J connectivity index is 5.12. The molecule has 0 aliphatic heterocycles. The minimum Gasteiger partial charge on any atom is -0.462 e. The molecule has 19 heteroatoms. The van der Waals surface area contributed by atoms with Gasteiger partial charge >= 0.3 is 39.5 Å². The summed E-state index contributed by atoms with van der Waals surface area (Å²) >= 11 is 0. The zero-order chi connectivity index (χ0) is 57.8. The predicted molar refractivity (Wildman–Crippen MR) is 308 cm³/mol. The van der Waals surface area contributed by atoms with Crippen LogP contribution in [0.2, 0.25) is 0 Å². The Morgan fingerprint density at radius 3 is 0.910 bits per heavy atom. The number of carbonyl (C=O) groups is 4. The van der Waals surface area contributed by atoms with E-state index >= 15 is 0 Å². The smallest absolute Gasteiger partial charge is 0.462 e. The van der Waals surface area contributed by atoms with E-state index in [4.69, 9.17) is 37.0 Å². The van der Waals surface area contributed by atoms with E-state index in [-0.39, 0.29) is 25.7 Å². The third kappa shape index (κ3) is 52.2. The summed E-state index contributed by atoms with van der Waals surface area (Å²) < 4.78 is 67.4. The molecule has 0 radical (unpaired) electrons. The van der Waals surface area contributed by atoms with Crippen molar-refractivity contribution in [2.24, 2.45) is 5.92 Å². The van der Waals surface area contributed by atoms with E-state index in [0.29, 0.717) is 25.7 Å². The van der Waals surface area contributed by atoms with Crippen molar-refractivity contribution in [2.45, 2.75) is 310 Å². The van der Waals surface area contributed by atoms with Gasteiger partial charge in [0.15, 0.2) is 12.2 Å². The molecule has 17 nitrogen and oxygen atoms in total. The van der Waals surface area contributed by atoms with Gasteiger partial charge in [-0.15, -0.1) is 0 Å². The lowest BCUT2D eigenvalue weighted by Crippen LogP contribution is -2.30. The Kier molecular flexibility index (Phi) is 51.8. The molecule has 0 aliphatic rings. The van der Waals surface area contributed by atoms with E-state index in [2.05, 4.69) is 34.6 Å². The van der Waals surface area contributed by atoms with E-state index in [1.807, 2.05) is 0 Å². The molecule has 0 saturated heterocycles. The van der Waals surface area contributed by atoms with Crippen LogP contribution in [0.1, 0.15) is 291 Å². The summed E-state index contributed by atoms with van der Waals surface area (Å²) in [5.41, 5.74) is 0. The zero-order valence-electron chi connectivity index (χ0n) is 49.8. The van der Waals surface area contributed by atoms with Crippen molar-refractivity contribution in [1.29, 1.82) is 0 Å². The fraction of sp³-hybridized carbons (Fsp3) is 0.932. The number of rotatable bonds is 59. The quantitative estimate of drug-likeness (QED) is 0.0222. The molecule has 0 aliphatic carbocycles. The van der Waals surface area contributed by atoms with Crippen LogP contribution in [0, 0.1) is 5.92 Å². The number of esters is 4. The largest absolute Gasteiger partial charge is 0.472 e. The van der Waals surface area contributed by atoms with E-state index < -0.39 is 97.5 Å². The second-order valence-electron chi connectivity index (χ2n) is 21.6. The Labute approximate surface area is 473 Å². The minimum atomic E-state index is -4.94. The average Bonchev–Trinajstić information content (AvgIpc) is 3.41. The molecule has 0 spiro atoms. The molecule has 0 fully saturated rings. The van der Waals surface area contributed by atoms with Gasteiger partial charge in [-0.2, -0.15) is 0 Å². The Hall–Kier alpha value is -1.94. The van der Waals surface area contributed by atoms with Crippen molar-refractivity contribution < 1.29 is 80.2 Å². The second-order valence-corrected chi connectivity index (χ2v) is 24.5. The van der Waals surface area contributed by atoms with Crippen molar-refractivity contribution in [2.75, 3.05) is 39.6 Å². The van der Waals surface area contributed by atoms with Crippen LogP contribution in [0.4, 0.5) is 0 Å². The van der Waals surface area contributed by atoms with Gasteiger partial charge in [0.05, 0.1) is 26.4 Å². The summed E-state index contributed by atoms with van der Waals surface area (Å²) in [6, 6.07) is 0. The van der Waals surface area contributed by atoms with Crippen molar-refractivity contribution in [3.8, 4) is 0 Å². The molecule has 0 saturated carbocycles. The molecular weight excluding hydrogens is 1040 g/mol. The van der Waals surface area contributed by atoms with Crippen molar-refractivity contribution >= 4 is 39.5 Å². The second kappa shape index (κ2) is 53.1. The van der Waals surface area contributed by atoms with Gasteiger partial charge in [0, 0.05) is 25.7 Å². The summed E-state index contributed by atoms with van der Waals surface area (Å²) in [6.45, 7) is 6.98. The lowest BCUT2D eigenvalue weighted by molar-refractivity contribution is -0.161. The van der Waals surface area contributed by atoms with Gasteiger partial charge in [-0.3, -0.25) is 37.3 Å². The molecule has 78 heavy (non-hydrogen) atoms. The summed E-state index contributed by atoms with van der Waals surface area (Å²) in [7, 11) is -9.86. The first-order valence-electron chi connectivity index (χ1n) is 31.2. The topological polar surface area (TPSA) is 237 Å². The van der Waals surface area contributed by atoms with Crippen LogP contribution < -0.4 is 0 Å². The number of phosphoric ester groups is 2. The SMILES string of the molecule is CCCCCCCCCCCCCCCCCCC(=O)O[C@H](COC(=O)CCCCCCCCCCC(C)CC)COP(=O)(O)OC[C@@H](O)COP(=O)(O)OC[C@@H](COC(=O)CCCCCCC)OC(=O)CCCCCCC. The van der Waals surface area contributed by atoms with E-state index in [1.165, 1.54) is 109 Å². The third-order valence-corrected chi connectivity index (χ3v) is 15.8. The number of hydrogen-bond donors (Lipinski definition) is 3. The predicted octanol–water partition coefficient (Wildman–Crippen LogP) is 15.8. The van der Waals surface area contributed by atoms with Crippen LogP contribution in [0.15, 0.2) is 0 Å². The first-order chi connectivity index (χ1) is 37.6. The highest BCUT2D eigenvalue weighted by Crippen LogP contribution is 2.45. The Bertz CT molecular complexity index is 1540. The maximum atomic E-state index is 12.9. The number of aliphatic hydroxyl groups is 1. The molecule has 0 bridgehead atoms. The van der Waals surface area contributed by atoms with E-state index in [0.717, 1.165) is 102 Å². The van der Waals surface area contributed by atoms with Crippen LogP contribution in [0.3, 0.4) is 0 Å².